The number of ketones is 1. The first-order valence-electron chi connectivity index (χ1n) is 8.27. The lowest BCUT2D eigenvalue weighted by molar-refractivity contribution is -0.0498. The smallest absolute Gasteiger partial charge is 0.387 e. The number of alkyl halides is 2. The zero-order chi connectivity index (χ0) is 20.9. The summed E-state index contributed by atoms with van der Waals surface area (Å²) < 4.78 is 57.9. The maximum absolute atomic E-state index is 12.4. The van der Waals surface area contributed by atoms with E-state index in [-0.39, 0.29) is 27.5 Å². The summed E-state index contributed by atoms with van der Waals surface area (Å²) in [6.07, 6.45) is -1.22. The number of hydrogen-bond donors (Lipinski definition) is 0. The molecule has 0 heterocycles. The van der Waals surface area contributed by atoms with Gasteiger partial charge in [-0.3, -0.25) is 4.79 Å². The predicted octanol–water partition coefficient (Wildman–Crippen LogP) is 3.51. The van der Waals surface area contributed by atoms with Crippen molar-refractivity contribution in [2.45, 2.75) is 31.5 Å². The molecule has 0 aliphatic carbocycles. The Labute approximate surface area is 161 Å². The lowest BCUT2D eigenvalue weighted by atomic mass is 10.1. The molecule has 9 heteroatoms. The van der Waals surface area contributed by atoms with Gasteiger partial charge in [-0.05, 0) is 43.3 Å². The molecule has 2 aromatic rings. The summed E-state index contributed by atoms with van der Waals surface area (Å²) in [7, 11) is -3.66. The van der Waals surface area contributed by atoms with E-state index in [0.29, 0.717) is 0 Å². The summed E-state index contributed by atoms with van der Waals surface area (Å²) in [4.78, 5) is 24.6. The van der Waals surface area contributed by atoms with Gasteiger partial charge < -0.3 is 9.47 Å². The Morgan fingerprint density at radius 2 is 1.64 bits per heavy atom. The molecule has 0 spiro atoms. The molecule has 0 bridgehead atoms. The molecule has 0 radical (unpaired) electrons. The van der Waals surface area contributed by atoms with Gasteiger partial charge in [0.1, 0.15) is 5.75 Å². The Hall–Kier alpha value is -2.81. The van der Waals surface area contributed by atoms with Crippen LogP contribution in [0.2, 0.25) is 0 Å². The number of hydrogen-bond acceptors (Lipinski definition) is 6. The van der Waals surface area contributed by atoms with Crippen LogP contribution in [0.3, 0.4) is 0 Å². The quantitative estimate of drug-likeness (QED) is 0.487. The fraction of sp³-hybridized carbons (Fsp3) is 0.263. The minimum Gasteiger partial charge on any atom is -0.451 e. The van der Waals surface area contributed by atoms with Crippen molar-refractivity contribution in [2.24, 2.45) is 0 Å². The van der Waals surface area contributed by atoms with E-state index >= 15 is 0 Å². The van der Waals surface area contributed by atoms with Gasteiger partial charge in [-0.25, -0.2) is 13.2 Å². The van der Waals surface area contributed by atoms with E-state index in [4.69, 9.17) is 4.74 Å². The summed E-state index contributed by atoms with van der Waals surface area (Å²) in [5, 5.41) is 0. The van der Waals surface area contributed by atoms with Gasteiger partial charge in [0, 0.05) is 5.56 Å². The van der Waals surface area contributed by atoms with Gasteiger partial charge in [-0.1, -0.05) is 19.1 Å². The standard InChI is InChI=1S/C19H18F2O6S/c1-3-28(24,25)16-7-5-4-6-15(16)18(23)26-12(2)17(22)13-8-10-14(11-9-13)27-19(20)21/h4-12,19H,3H2,1-2H3/t12-/m1/s1. The normalized spacial score (nSPS) is 12.5. The number of sulfone groups is 1. The van der Waals surface area contributed by atoms with E-state index in [1.807, 2.05) is 0 Å². The second kappa shape index (κ2) is 8.92. The lowest BCUT2D eigenvalue weighted by Gasteiger charge is -2.14. The Morgan fingerprint density at radius 1 is 1.04 bits per heavy atom. The second-order valence-corrected chi connectivity index (χ2v) is 7.96. The number of carbonyl (C=O) groups is 2. The van der Waals surface area contributed by atoms with Gasteiger partial charge >= 0.3 is 12.6 Å². The van der Waals surface area contributed by atoms with Crippen molar-refractivity contribution in [1.82, 2.24) is 0 Å². The topological polar surface area (TPSA) is 86.7 Å². The third kappa shape index (κ3) is 5.13. The molecule has 1 atom stereocenters. The number of esters is 1. The van der Waals surface area contributed by atoms with Crippen LogP contribution in [0, 0.1) is 0 Å². The van der Waals surface area contributed by atoms with Crippen molar-refractivity contribution in [1.29, 1.82) is 0 Å². The molecule has 0 saturated heterocycles. The van der Waals surface area contributed by atoms with Crippen LogP contribution in [0.5, 0.6) is 5.75 Å². The Kier molecular flexibility index (Phi) is 6.85. The van der Waals surface area contributed by atoms with Crippen molar-refractivity contribution in [3.05, 3.63) is 59.7 Å². The molecule has 0 unspecified atom stereocenters. The first kappa shape index (κ1) is 21.5. The van der Waals surface area contributed by atoms with E-state index in [0.717, 1.165) is 0 Å². The molecule has 0 aliphatic rings. The average Bonchev–Trinajstić information content (AvgIpc) is 2.67. The molecule has 0 amide bonds. The molecule has 28 heavy (non-hydrogen) atoms. The highest BCUT2D eigenvalue weighted by atomic mass is 32.2. The molecular formula is C19H18F2O6S. The van der Waals surface area contributed by atoms with E-state index in [1.165, 1.54) is 62.4 Å². The number of Topliss-reactive ketones (excluding diaryl/α,β-unsaturated/α-hetero) is 1. The summed E-state index contributed by atoms with van der Waals surface area (Å²) >= 11 is 0. The van der Waals surface area contributed by atoms with Crippen LogP contribution >= 0.6 is 0 Å². The maximum atomic E-state index is 12.4. The summed E-state index contributed by atoms with van der Waals surface area (Å²) in [6, 6.07) is 10.5. The number of rotatable bonds is 8. The Morgan fingerprint density at radius 3 is 2.21 bits per heavy atom. The van der Waals surface area contributed by atoms with Crippen LogP contribution in [0.15, 0.2) is 53.4 Å². The largest absolute Gasteiger partial charge is 0.451 e. The molecule has 150 valence electrons. The molecule has 2 aromatic carbocycles. The number of carbonyl (C=O) groups excluding carboxylic acids is 2. The first-order chi connectivity index (χ1) is 13.2. The summed E-state index contributed by atoms with van der Waals surface area (Å²) in [5.74, 6) is -1.84. The fourth-order valence-electron chi connectivity index (χ4n) is 2.37. The predicted molar refractivity (Wildman–Crippen MR) is 96.5 cm³/mol. The first-order valence-corrected chi connectivity index (χ1v) is 9.92. The molecule has 0 N–H and O–H groups in total. The minimum absolute atomic E-state index is 0.116. The SMILES string of the molecule is CCS(=O)(=O)c1ccccc1C(=O)O[C@H](C)C(=O)c1ccc(OC(F)F)cc1. The minimum atomic E-state index is -3.66. The third-order valence-corrected chi connectivity index (χ3v) is 5.63. The van der Waals surface area contributed by atoms with Gasteiger partial charge in [-0.15, -0.1) is 0 Å². The third-order valence-electron chi connectivity index (χ3n) is 3.84. The van der Waals surface area contributed by atoms with Gasteiger partial charge in [0.05, 0.1) is 16.2 Å². The van der Waals surface area contributed by atoms with Crippen LogP contribution in [0.4, 0.5) is 8.78 Å². The highest BCUT2D eigenvalue weighted by molar-refractivity contribution is 7.91. The second-order valence-electron chi connectivity index (χ2n) is 5.71. The van der Waals surface area contributed by atoms with Crippen molar-refractivity contribution in [2.75, 3.05) is 5.75 Å². The van der Waals surface area contributed by atoms with E-state index < -0.39 is 34.3 Å². The van der Waals surface area contributed by atoms with Crippen LogP contribution in [0.25, 0.3) is 0 Å². The molecule has 0 aliphatic heterocycles. The van der Waals surface area contributed by atoms with Gasteiger partial charge in [-0.2, -0.15) is 8.78 Å². The van der Waals surface area contributed by atoms with E-state index in [2.05, 4.69) is 4.74 Å². The zero-order valence-corrected chi connectivity index (χ0v) is 15.9. The number of ether oxygens (including phenoxy) is 2. The molecule has 2 rings (SSSR count). The van der Waals surface area contributed by atoms with E-state index in [1.54, 1.807) is 0 Å². The highest BCUT2D eigenvalue weighted by Crippen LogP contribution is 2.20. The highest BCUT2D eigenvalue weighted by Gasteiger charge is 2.25. The summed E-state index contributed by atoms with van der Waals surface area (Å²) in [6.45, 7) is -0.202. The van der Waals surface area contributed by atoms with Crippen LogP contribution < -0.4 is 4.74 Å². The van der Waals surface area contributed by atoms with Crippen molar-refractivity contribution < 1.29 is 36.3 Å². The number of benzene rings is 2. The van der Waals surface area contributed by atoms with Crippen molar-refractivity contribution in [3.63, 3.8) is 0 Å². The average molecular weight is 412 g/mol. The Bertz CT molecular complexity index is 955. The van der Waals surface area contributed by atoms with Crippen molar-refractivity contribution in [3.8, 4) is 5.75 Å². The van der Waals surface area contributed by atoms with Crippen LogP contribution in [-0.2, 0) is 14.6 Å². The van der Waals surface area contributed by atoms with Gasteiger partial charge in [0.25, 0.3) is 0 Å². The summed E-state index contributed by atoms with van der Waals surface area (Å²) in [5.41, 5.74) is -0.0407. The van der Waals surface area contributed by atoms with Crippen LogP contribution in [-0.4, -0.2) is 38.6 Å². The molecule has 0 fully saturated rings. The fourth-order valence-corrected chi connectivity index (χ4v) is 3.46. The molecule has 0 aromatic heterocycles. The maximum Gasteiger partial charge on any atom is 0.387 e. The van der Waals surface area contributed by atoms with Gasteiger partial charge in [0.15, 0.2) is 15.9 Å². The van der Waals surface area contributed by atoms with Crippen molar-refractivity contribution >= 4 is 21.6 Å². The molecule has 0 saturated carbocycles. The molecule has 6 nitrogen and oxygen atoms in total. The zero-order valence-electron chi connectivity index (χ0n) is 15.1. The Balaban J connectivity index is 2.16. The monoisotopic (exact) mass is 412 g/mol. The van der Waals surface area contributed by atoms with E-state index in [9.17, 15) is 26.8 Å². The molecular weight excluding hydrogens is 394 g/mol. The lowest BCUT2D eigenvalue weighted by Crippen LogP contribution is -2.25. The van der Waals surface area contributed by atoms with Gasteiger partial charge in [0.2, 0.25) is 5.78 Å². The number of halogens is 2. The van der Waals surface area contributed by atoms with Crippen LogP contribution in [0.1, 0.15) is 34.6 Å².